The van der Waals surface area contributed by atoms with E-state index in [0.717, 1.165) is 5.56 Å². The summed E-state index contributed by atoms with van der Waals surface area (Å²) in [6.07, 6.45) is 0.577. The van der Waals surface area contributed by atoms with Gasteiger partial charge in [-0.05, 0) is 36.2 Å². The molecule has 1 saturated heterocycles. The number of carbonyl (C=O) groups is 2. The fourth-order valence-electron chi connectivity index (χ4n) is 3.06. The number of carbonyl (C=O) groups excluding carboxylic acids is 2. The molecule has 3 rings (SSSR count). The first-order valence-corrected chi connectivity index (χ1v) is 8.53. The maximum Gasteiger partial charge on any atom is 0.254 e. The van der Waals surface area contributed by atoms with Crippen LogP contribution in [0.25, 0.3) is 0 Å². The lowest BCUT2D eigenvalue weighted by Gasteiger charge is -2.24. The number of hydrogen-bond donors (Lipinski definition) is 1. The number of rotatable bonds is 4. The van der Waals surface area contributed by atoms with Gasteiger partial charge in [-0.25, -0.2) is 0 Å². The summed E-state index contributed by atoms with van der Waals surface area (Å²) in [6, 6.07) is 13.9. The lowest BCUT2D eigenvalue weighted by molar-refractivity contribution is -0.120. The first kappa shape index (κ1) is 17.5. The molecule has 5 nitrogen and oxygen atoms in total. The molecule has 2 aromatic rings. The maximum absolute atomic E-state index is 12.8. The molecule has 0 spiro atoms. The van der Waals surface area contributed by atoms with Gasteiger partial charge in [-0.3, -0.25) is 9.59 Å². The number of anilines is 1. The van der Waals surface area contributed by atoms with Crippen LogP contribution in [0.5, 0.6) is 0 Å². The Kier molecular flexibility index (Phi) is 5.06. The Hall–Kier alpha value is -2.37. The quantitative estimate of drug-likeness (QED) is 0.914. The second-order valence-electron chi connectivity index (χ2n) is 6.06. The summed E-state index contributed by atoms with van der Waals surface area (Å²) in [5.41, 5.74) is 7.77. The van der Waals surface area contributed by atoms with Crippen molar-refractivity contribution in [2.45, 2.75) is 19.0 Å². The average molecular weight is 358 g/mol. The van der Waals surface area contributed by atoms with Crippen LogP contribution in [-0.2, 0) is 11.3 Å². The third-order valence-electron chi connectivity index (χ3n) is 4.54. The highest BCUT2D eigenvalue weighted by atomic mass is 35.5. The molecule has 1 fully saturated rings. The van der Waals surface area contributed by atoms with Crippen molar-refractivity contribution in [3.8, 4) is 0 Å². The summed E-state index contributed by atoms with van der Waals surface area (Å²) in [7, 11) is 1.66. The molecule has 1 atom stereocenters. The van der Waals surface area contributed by atoms with Crippen LogP contribution in [0.15, 0.2) is 48.5 Å². The fraction of sp³-hybridized carbons (Fsp3) is 0.263. The van der Waals surface area contributed by atoms with E-state index in [1.165, 1.54) is 4.90 Å². The summed E-state index contributed by atoms with van der Waals surface area (Å²) < 4.78 is 0. The molecule has 0 radical (unpaired) electrons. The van der Waals surface area contributed by atoms with Crippen LogP contribution in [0, 0.1) is 0 Å². The predicted molar refractivity (Wildman–Crippen MR) is 98.6 cm³/mol. The molecule has 2 amide bonds. The SMILES string of the molecule is CN(C(=O)c1ccc(CN)cc1)[C@@H]1CCN(c2ccccc2Cl)C1=O. The number of benzene rings is 2. The van der Waals surface area contributed by atoms with Gasteiger partial charge >= 0.3 is 0 Å². The van der Waals surface area contributed by atoms with Gasteiger partial charge in [-0.1, -0.05) is 35.9 Å². The van der Waals surface area contributed by atoms with Crippen molar-refractivity contribution in [2.24, 2.45) is 5.73 Å². The number of para-hydroxylation sites is 1. The highest BCUT2D eigenvalue weighted by Crippen LogP contribution is 2.30. The number of likely N-dealkylation sites (N-methyl/N-ethyl adjacent to an activating group) is 1. The smallest absolute Gasteiger partial charge is 0.254 e. The van der Waals surface area contributed by atoms with E-state index < -0.39 is 6.04 Å². The van der Waals surface area contributed by atoms with Crippen molar-refractivity contribution in [2.75, 3.05) is 18.5 Å². The molecule has 0 unspecified atom stereocenters. The van der Waals surface area contributed by atoms with E-state index in [-0.39, 0.29) is 11.8 Å². The molecule has 2 aromatic carbocycles. The summed E-state index contributed by atoms with van der Waals surface area (Å²) in [5.74, 6) is -0.287. The van der Waals surface area contributed by atoms with E-state index in [1.54, 1.807) is 30.1 Å². The first-order chi connectivity index (χ1) is 12.0. The summed E-state index contributed by atoms with van der Waals surface area (Å²) in [5, 5.41) is 0.530. The summed E-state index contributed by atoms with van der Waals surface area (Å²) >= 11 is 6.20. The molecule has 25 heavy (non-hydrogen) atoms. The second-order valence-corrected chi connectivity index (χ2v) is 6.47. The van der Waals surface area contributed by atoms with Crippen molar-refractivity contribution in [1.29, 1.82) is 0 Å². The fourth-order valence-corrected chi connectivity index (χ4v) is 3.30. The van der Waals surface area contributed by atoms with E-state index in [1.807, 2.05) is 30.3 Å². The zero-order chi connectivity index (χ0) is 18.0. The highest BCUT2D eigenvalue weighted by molar-refractivity contribution is 6.34. The van der Waals surface area contributed by atoms with E-state index in [2.05, 4.69) is 0 Å². The van der Waals surface area contributed by atoms with Crippen LogP contribution >= 0.6 is 11.6 Å². The van der Waals surface area contributed by atoms with E-state index in [9.17, 15) is 9.59 Å². The molecule has 1 heterocycles. The average Bonchev–Trinajstić information content (AvgIpc) is 3.02. The van der Waals surface area contributed by atoms with Gasteiger partial charge in [0.2, 0.25) is 5.91 Å². The maximum atomic E-state index is 12.8. The van der Waals surface area contributed by atoms with Crippen LogP contribution < -0.4 is 10.6 Å². The van der Waals surface area contributed by atoms with E-state index in [4.69, 9.17) is 17.3 Å². The highest BCUT2D eigenvalue weighted by Gasteiger charge is 2.37. The number of nitrogens with zero attached hydrogens (tertiary/aromatic N) is 2. The van der Waals surface area contributed by atoms with Crippen LogP contribution in [-0.4, -0.2) is 36.3 Å². The Morgan fingerprint density at radius 2 is 1.92 bits per heavy atom. The zero-order valence-corrected chi connectivity index (χ0v) is 14.7. The molecule has 130 valence electrons. The van der Waals surface area contributed by atoms with Crippen molar-refractivity contribution in [3.05, 3.63) is 64.7 Å². The Balaban J connectivity index is 1.76. The molecule has 2 N–H and O–H groups in total. The monoisotopic (exact) mass is 357 g/mol. The van der Waals surface area contributed by atoms with Crippen LogP contribution in [0.3, 0.4) is 0 Å². The lowest BCUT2D eigenvalue weighted by Crippen LogP contribution is -2.43. The van der Waals surface area contributed by atoms with Crippen molar-refractivity contribution in [3.63, 3.8) is 0 Å². The van der Waals surface area contributed by atoms with Crippen LogP contribution in [0.4, 0.5) is 5.69 Å². The second kappa shape index (κ2) is 7.25. The van der Waals surface area contributed by atoms with Gasteiger partial charge in [0.1, 0.15) is 6.04 Å². The molecule has 1 aliphatic heterocycles. The van der Waals surface area contributed by atoms with Gasteiger partial charge in [0.05, 0.1) is 10.7 Å². The van der Waals surface area contributed by atoms with Crippen LogP contribution in [0.1, 0.15) is 22.3 Å². The lowest BCUT2D eigenvalue weighted by atomic mass is 10.1. The Morgan fingerprint density at radius 3 is 2.56 bits per heavy atom. The van der Waals surface area contributed by atoms with Gasteiger partial charge < -0.3 is 15.5 Å². The summed E-state index contributed by atoms with van der Waals surface area (Å²) in [6.45, 7) is 0.967. The molecule has 6 heteroatoms. The molecule has 0 aliphatic carbocycles. The summed E-state index contributed by atoms with van der Waals surface area (Å²) in [4.78, 5) is 28.6. The Labute approximate surface area is 152 Å². The minimum atomic E-state index is -0.488. The first-order valence-electron chi connectivity index (χ1n) is 8.15. The number of nitrogens with two attached hydrogens (primary N) is 1. The predicted octanol–water partition coefficient (Wildman–Crippen LogP) is 2.68. The van der Waals surface area contributed by atoms with Gasteiger partial charge in [0.25, 0.3) is 5.91 Å². The minimum absolute atomic E-state index is 0.109. The Morgan fingerprint density at radius 1 is 1.24 bits per heavy atom. The van der Waals surface area contributed by atoms with Gasteiger partial charge in [-0.2, -0.15) is 0 Å². The van der Waals surface area contributed by atoms with Gasteiger partial charge in [0.15, 0.2) is 0 Å². The Bertz CT molecular complexity index is 792. The molecule has 1 aliphatic rings. The standard InChI is InChI=1S/C19H20ClN3O2/c1-22(18(24)14-8-6-13(12-21)7-9-14)17-10-11-23(19(17)25)16-5-3-2-4-15(16)20/h2-9,17H,10-12,21H2,1H3/t17-/m1/s1. The minimum Gasteiger partial charge on any atom is -0.330 e. The number of halogens is 1. The molecule has 0 saturated carbocycles. The van der Waals surface area contributed by atoms with Gasteiger partial charge in [0, 0.05) is 25.7 Å². The number of hydrogen-bond acceptors (Lipinski definition) is 3. The van der Waals surface area contributed by atoms with Crippen LogP contribution in [0.2, 0.25) is 5.02 Å². The third kappa shape index (κ3) is 3.38. The van der Waals surface area contributed by atoms with Gasteiger partial charge in [-0.15, -0.1) is 0 Å². The molecule has 0 aromatic heterocycles. The molecular formula is C19H20ClN3O2. The number of amides is 2. The van der Waals surface area contributed by atoms with Crippen molar-refractivity contribution >= 4 is 29.1 Å². The third-order valence-corrected chi connectivity index (χ3v) is 4.86. The largest absolute Gasteiger partial charge is 0.330 e. The topological polar surface area (TPSA) is 66.6 Å². The zero-order valence-electron chi connectivity index (χ0n) is 14.0. The van der Waals surface area contributed by atoms with E-state index in [0.29, 0.717) is 35.8 Å². The molecule has 0 bridgehead atoms. The molecular weight excluding hydrogens is 338 g/mol. The normalized spacial score (nSPS) is 17.0. The van der Waals surface area contributed by atoms with E-state index >= 15 is 0 Å². The van der Waals surface area contributed by atoms with Crippen molar-refractivity contribution < 1.29 is 9.59 Å². The van der Waals surface area contributed by atoms with Crippen molar-refractivity contribution in [1.82, 2.24) is 4.90 Å².